The van der Waals surface area contributed by atoms with E-state index in [2.05, 4.69) is 6.92 Å². The average Bonchev–Trinajstić information content (AvgIpc) is 2.60. The lowest BCUT2D eigenvalue weighted by molar-refractivity contribution is 0.0550. The van der Waals surface area contributed by atoms with E-state index in [4.69, 9.17) is 4.74 Å². The molecule has 118 valence electrons. The SMILES string of the molecule is CCCC[C@@H]1Oc2ccccc2C(=O)[C@H]1C(=O)c1ccccc1. The van der Waals surface area contributed by atoms with Crippen molar-refractivity contribution in [1.29, 1.82) is 0 Å². The Labute approximate surface area is 136 Å². The first-order valence-electron chi connectivity index (χ1n) is 8.11. The van der Waals surface area contributed by atoms with Gasteiger partial charge in [-0.05, 0) is 18.6 Å². The molecule has 2 aromatic rings. The second-order valence-corrected chi connectivity index (χ2v) is 5.87. The van der Waals surface area contributed by atoms with Gasteiger partial charge in [0.05, 0.1) is 5.56 Å². The van der Waals surface area contributed by atoms with E-state index in [9.17, 15) is 9.59 Å². The van der Waals surface area contributed by atoms with Gasteiger partial charge in [0.1, 0.15) is 17.8 Å². The van der Waals surface area contributed by atoms with Crippen LogP contribution >= 0.6 is 0 Å². The molecule has 1 aliphatic rings. The molecule has 0 bridgehead atoms. The molecule has 3 heteroatoms. The molecule has 0 saturated heterocycles. The second-order valence-electron chi connectivity index (χ2n) is 5.87. The van der Waals surface area contributed by atoms with Crippen LogP contribution < -0.4 is 4.74 Å². The number of fused-ring (bicyclic) bond motifs is 1. The maximum Gasteiger partial charge on any atom is 0.181 e. The molecule has 0 N–H and O–H groups in total. The fraction of sp³-hybridized carbons (Fsp3) is 0.300. The zero-order chi connectivity index (χ0) is 16.2. The van der Waals surface area contributed by atoms with Gasteiger partial charge in [0.15, 0.2) is 11.6 Å². The highest BCUT2D eigenvalue weighted by Crippen LogP contribution is 2.34. The lowest BCUT2D eigenvalue weighted by Crippen LogP contribution is -2.42. The van der Waals surface area contributed by atoms with Gasteiger partial charge in [-0.3, -0.25) is 9.59 Å². The Kier molecular flexibility index (Phi) is 4.56. The van der Waals surface area contributed by atoms with E-state index >= 15 is 0 Å². The maximum absolute atomic E-state index is 12.9. The molecule has 1 heterocycles. The molecule has 0 aliphatic carbocycles. The molecular weight excluding hydrogens is 288 g/mol. The van der Waals surface area contributed by atoms with Gasteiger partial charge in [-0.2, -0.15) is 0 Å². The van der Waals surface area contributed by atoms with Crippen molar-refractivity contribution in [2.45, 2.75) is 32.3 Å². The van der Waals surface area contributed by atoms with E-state index in [-0.39, 0.29) is 17.7 Å². The molecule has 0 unspecified atom stereocenters. The summed E-state index contributed by atoms with van der Waals surface area (Å²) in [7, 11) is 0. The van der Waals surface area contributed by atoms with Crippen molar-refractivity contribution in [2.75, 3.05) is 0 Å². The van der Waals surface area contributed by atoms with E-state index in [1.54, 1.807) is 30.3 Å². The van der Waals surface area contributed by atoms with Crippen LogP contribution in [-0.4, -0.2) is 17.7 Å². The summed E-state index contributed by atoms with van der Waals surface area (Å²) in [5.74, 6) is -0.428. The largest absolute Gasteiger partial charge is 0.488 e. The lowest BCUT2D eigenvalue weighted by Gasteiger charge is -2.31. The number of carbonyl (C=O) groups excluding carboxylic acids is 2. The minimum atomic E-state index is -0.751. The summed E-state index contributed by atoms with van der Waals surface area (Å²) in [6, 6.07) is 16.2. The Morgan fingerprint density at radius 1 is 1.04 bits per heavy atom. The number of hydrogen-bond donors (Lipinski definition) is 0. The number of unbranched alkanes of at least 4 members (excludes halogenated alkanes) is 1. The summed E-state index contributed by atoms with van der Waals surface area (Å²) < 4.78 is 6.02. The van der Waals surface area contributed by atoms with Crippen LogP contribution in [0.4, 0.5) is 0 Å². The minimum Gasteiger partial charge on any atom is -0.488 e. The first-order valence-corrected chi connectivity index (χ1v) is 8.11. The number of carbonyl (C=O) groups is 2. The van der Waals surface area contributed by atoms with E-state index in [0.29, 0.717) is 23.3 Å². The number of hydrogen-bond acceptors (Lipinski definition) is 3. The molecule has 2 atom stereocenters. The first kappa shape index (κ1) is 15.5. The second kappa shape index (κ2) is 6.78. The Morgan fingerprint density at radius 3 is 2.48 bits per heavy atom. The van der Waals surface area contributed by atoms with Gasteiger partial charge < -0.3 is 4.74 Å². The van der Waals surface area contributed by atoms with E-state index in [1.807, 2.05) is 24.3 Å². The molecule has 3 rings (SSSR count). The Bertz CT molecular complexity index is 706. The van der Waals surface area contributed by atoms with Crippen molar-refractivity contribution in [3.63, 3.8) is 0 Å². The predicted molar refractivity (Wildman–Crippen MR) is 89.0 cm³/mol. The molecule has 1 aliphatic heterocycles. The van der Waals surface area contributed by atoms with Gasteiger partial charge in [-0.25, -0.2) is 0 Å². The van der Waals surface area contributed by atoms with Gasteiger partial charge in [0.25, 0.3) is 0 Å². The van der Waals surface area contributed by atoms with Gasteiger partial charge >= 0.3 is 0 Å². The highest BCUT2D eigenvalue weighted by molar-refractivity contribution is 6.18. The van der Waals surface area contributed by atoms with Gasteiger partial charge in [0.2, 0.25) is 0 Å². The van der Waals surface area contributed by atoms with Crippen molar-refractivity contribution in [2.24, 2.45) is 5.92 Å². The van der Waals surface area contributed by atoms with Crippen LogP contribution in [0, 0.1) is 5.92 Å². The van der Waals surface area contributed by atoms with E-state index in [0.717, 1.165) is 12.8 Å². The third-order valence-corrected chi connectivity index (χ3v) is 4.27. The summed E-state index contributed by atoms with van der Waals surface area (Å²) in [5, 5.41) is 0. The Morgan fingerprint density at radius 2 is 1.74 bits per heavy atom. The van der Waals surface area contributed by atoms with Gasteiger partial charge in [-0.15, -0.1) is 0 Å². The Balaban J connectivity index is 1.97. The number of Topliss-reactive ketones (excluding diaryl/α,β-unsaturated/α-hetero) is 2. The number of ether oxygens (including phenoxy) is 1. The quantitative estimate of drug-likeness (QED) is 0.610. The number of para-hydroxylation sites is 1. The van der Waals surface area contributed by atoms with Gasteiger partial charge in [0, 0.05) is 5.56 Å². The fourth-order valence-corrected chi connectivity index (χ4v) is 3.04. The molecule has 0 saturated carbocycles. The molecule has 3 nitrogen and oxygen atoms in total. The molecule has 2 aromatic carbocycles. The van der Waals surface area contributed by atoms with Crippen LogP contribution in [0.2, 0.25) is 0 Å². The third-order valence-electron chi connectivity index (χ3n) is 4.27. The molecular formula is C20H20O3. The molecule has 0 aromatic heterocycles. The van der Waals surface area contributed by atoms with Crippen molar-refractivity contribution < 1.29 is 14.3 Å². The van der Waals surface area contributed by atoms with Crippen molar-refractivity contribution >= 4 is 11.6 Å². The van der Waals surface area contributed by atoms with Crippen molar-refractivity contribution in [3.8, 4) is 5.75 Å². The first-order chi connectivity index (χ1) is 11.2. The lowest BCUT2D eigenvalue weighted by atomic mass is 9.82. The third kappa shape index (κ3) is 3.04. The standard InChI is InChI=1S/C20H20O3/c1-2-3-12-17-18(19(21)14-9-5-4-6-10-14)20(22)15-11-7-8-13-16(15)23-17/h4-11,13,17-18H,2-3,12H2,1H3/t17-,18+/m0/s1. The van der Waals surface area contributed by atoms with Crippen LogP contribution in [-0.2, 0) is 0 Å². The van der Waals surface area contributed by atoms with Crippen molar-refractivity contribution in [1.82, 2.24) is 0 Å². The number of benzene rings is 2. The highest BCUT2D eigenvalue weighted by Gasteiger charge is 2.41. The molecule has 0 radical (unpaired) electrons. The zero-order valence-corrected chi connectivity index (χ0v) is 13.2. The number of rotatable bonds is 5. The van der Waals surface area contributed by atoms with Crippen LogP contribution in [0.1, 0.15) is 46.9 Å². The smallest absolute Gasteiger partial charge is 0.181 e. The fourth-order valence-electron chi connectivity index (χ4n) is 3.04. The monoisotopic (exact) mass is 308 g/mol. The summed E-state index contributed by atoms with van der Waals surface area (Å²) in [6.45, 7) is 2.09. The summed E-state index contributed by atoms with van der Waals surface area (Å²) in [4.78, 5) is 25.8. The minimum absolute atomic E-state index is 0.123. The van der Waals surface area contributed by atoms with Gasteiger partial charge in [-0.1, -0.05) is 62.2 Å². The topological polar surface area (TPSA) is 43.4 Å². The van der Waals surface area contributed by atoms with E-state index < -0.39 is 5.92 Å². The average molecular weight is 308 g/mol. The van der Waals surface area contributed by atoms with Crippen LogP contribution in [0.15, 0.2) is 54.6 Å². The number of ketones is 2. The molecule has 0 spiro atoms. The molecule has 0 fully saturated rings. The normalized spacial score (nSPS) is 19.8. The zero-order valence-electron chi connectivity index (χ0n) is 13.2. The highest BCUT2D eigenvalue weighted by atomic mass is 16.5. The maximum atomic E-state index is 12.9. The Hall–Kier alpha value is -2.42. The van der Waals surface area contributed by atoms with Crippen LogP contribution in [0.3, 0.4) is 0 Å². The summed E-state index contributed by atoms with van der Waals surface area (Å²) in [6.07, 6.45) is 2.26. The summed E-state index contributed by atoms with van der Waals surface area (Å²) >= 11 is 0. The summed E-state index contributed by atoms with van der Waals surface area (Å²) in [5.41, 5.74) is 1.07. The van der Waals surface area contributed by atoms with E-state index in [1.165, 1.54) is 0 Å². The van der Waals surface area contributed by atoms with Crippen LogP contribution in [0.25, 0.3) is 0 Å². The molecule has 0 amide bonds. The van der Waals surface area contributed by atoms with Crippen LogP contribution in [0.5, 0.6) is 5.75 Å². The van der Waals surface area contributed by atoms with Crippen molar-refractivity contribution in [3.05, 3.63) is 65.7 Å². The predicted octanol–water partition coefficient (Wildman–Crippen LogP) is 4.32. The molecule has 23 heavy (non-hydrogen) atoms.